The third kappa shape index (κ3) is 2.95. The van der Waals surface area contributed by atoms with Gasteiger partial charge in [-0.25, -0.2) is 0 Å². The molecule has 0 aliphatic heterocycles. The Kier molecular flexibility index (Phi) is 3.25. The van der Waals surface area contributed by atoms with Gasteiger partial charge in [-0.05, 0) is 26.0 Å². The van der Waals surface area contributed by atoms with Crippen LogP contribution >= 0.6 is 11.8 Å². The standard InChI is InChI=1S/C9H15N5S/c1-3-10-7-12-8(11-6-4-5-6)14-9(13-7)15-2/h6H,3-5H2,1-2H3,(H2,10,11,12,13,14). The maximum absolute atomic E-state index is 4.30. The van der Waals surface area contributed by atoms with E-state index in [1.165, 1.54) is 24.6 Å². The Morgan fingerprint density at radius 2 is 2.00 bits per heavy atom. The Hall–Kier alpha value is -1.04. The van der Waals surface area contributed by atoms with Crippen LogP contribution in [-0.4, -0.2) is 33.8 Å². The molecule has 15 heavy (non-hydrogen) atoms. The van der Waals surface area contributed by atoms with Gasteiger partial charge in [-0.1, -0.05) is 11.8 Å². The minimum atomic E-state index is 0.566. The van der Waals surface area contributed by atoms with E-state index in [0.29, 0.717) is 17.9 Å². The molecule has 1 aliphatic rings. The van der Waals surface area contributed by atoms with E-state index in [9.17, 15) is 0 Å². The molecule has 1 aromatic rings. The van der Waals surface area contributed by atoms with Crippen LogP contribution in [0.15, 0.2) is 5.16 Å². The number of thioether (sulfide) groups is 1. The van der Waals surface area contributed by atoms with Crippen LogP contribution in [0, 0.1) is 0 Å². The monoisotopic (exact) mass is 225 g/mol. The fraction of sp³-hybridized carbons (Fsp3) is 0.667. The molecule has 5 nitrogen and oxygen atoms in total. The van der Waals surface area contributed by atoms with E-state index < -0.39 is 0 Å². The smallest absolute Gasteiger partial charge is 0.228 e. The molecular weight excluding hydrogens is 210 g/mol. The highest BCUT2D eigenvalue weighted by Gasteiger charge is 2.22. The van der Waals surface area contributed by atoms with Gasteiger partial charge in [-0.3, -0.25) is 0 Å². The van der Waals surface area contributed by atoms with Gasteiger partial charge < -0.3 is 10.6 Å². The summed E-state index contributed by atoms with van der Waals surface area (Å²) in [6.45, 7) is 2.84. The first-order valence-corrected chi connectivity index (χ1v) is 6.34. The second kappa shape index (κ2) is 4.65. The second-order valence-corrected chi connectivity index (χ2v) is 4.19. The van der Waals surface area contributed by atoms with Crippen molar-refractivity contribution in [2.75, 3.05) is 23.4 Å². The molecule has 1 saturated carbocycles. The van der Waals surface area contributed by atoms with Gasteiger partial charge in [-0.2, -0.15) is 15.0 Å². The van der Waals surface area contributed by atoms with E-state index in [4.69, 9.17) is 0 Å². The minimum absolute atomic E-state index is 0.566. The molecule has 82 valence electrons. The van der Waals surface area contributed by atoms with E-state index in [-0.39, 0.29) is 0 Å². The zero-order chi connectivity index (χ0) is 10.7. The first kappa shape index (κ1) is 10.5. The number of nitrogens with zero attached hydrogens (tertiary/aromatic N) is 3. The average molecular weight is 225 g/mol. The highest BCUT2D eigenvalue weighted by Crippen LogP contribution is 2.24. The van der Waals surface area contributed by atoms with Gasteiger partial charge in [0.1, 0.15) is 0 Å². The zero-order valence-corrected chi connectivity index (χ0v) is 9.77. The van der Waals surface area contributed by atoms with Gasteiger partial charge in [0.05, 0.1) is 0 Å². The fourth-order valence-electron chi connectivity index (χ4n) is 1.16. The van der Waals surface area contributed by atoms with Crippen molar-refractivity contribution in [3.8, 4) is 0 Å². The quantitative estimate of drug-likeness (QED) is 0.742. The predicted octanol–water partition coefficient (Wildman–Crippen LogP) is 1.60. The van der Waals surface area contributed by atoms with Crippen LogP contribution in [0.5, 0.6) is 0 Å². The van der Waals surface area contributed by atoms with Gasteiger partial charge >= 0.3 is 0 Å². The Balaban J connectivity index is 2.15. The summed E-state index contributed by atoms with van der Waals surface area (Å²) in [6.07, 6.45) is 4.40. The molecule has 0 unspecified atom stereocenters. The summed E-state index contributed by atoms with van der Waals surface area (Å²) < 4.78 is 0. The summed E-state index contributed by atoms with van der Waals surface area (Å²) in [6, 6.07) is 0.566. The van der Waals surface area contributed by atoms with E-state index in [1.54, 1.807) is 0 Å². The normalized spacial score (nSPS) is 15.1. The van der Waals surface area contributed by atoms with Gasteiger partial charge in [-0.15, -0.1) is 0 Å². The van der Waals surface area contributed by atoms with Gasteiger partial charge in [0.25, 0.3) is 0 Å². The Morgan fingerprint density at radius 3 is 2.60 bits per heavy atom. The maximum atomic E-state index is 4.30. The molecule has 2 N–H and O–H groups in total. The number of hydrogen-bond donors (Lipinski definition) is 2. The van der Waals surface area contributed by atoms with Gasteiger partial charge in [0.15, 0.2) is 5.16 Å². The first-order valence-electron chi connectivity index (χ1n) is 5.12. The molecule has 0 atom stereocenters. The first-order chi connectivity index (χ1) is 7.31. The molecule has 0 radical (unpaired) electrons. The lowest BCUT2D eigenvalue weighted by atomic mass is 10.7. The van der Waals surface area contributed by atoms with Crippen LogP contribution < -0.4 is 10.6 Å². The summed E-state index contributed by atoms with van der Waals surface area (Å²) in [5, 5.41) is 7.13. The van der Waals surface area contributed by atoms with Crippen molar-refractivity contribution in [1.29, 1.82) is 0 Å². The zero-order valence-electron chi connectivity index (χ0n) is 8.95. The largest absolute Gasteiger partial charge is 0.354 e. The molecule has 1 fully saturated rings. The molecule has 0 aromatic carbocycles. The third-order valence-electron chi connectivity index (χ3n) is 2.04. The maximum Gasteiger partial charge on any atom is 0.228 e. The van der Waals surface area contributed by atoms with Crippen LogP contribution in [0.25, 0.3) is 0 Å². The molecule has 0 amide bonds. The highest BCUT2D eigenvalue weighted by molar-refractivity contribution is 7.98. The summed E-state index contributed by atoms with van der Waals surface area (Å²) in [4.78, 5) is 12.9. The predicted molar refractivity (Wildman–Crippen MR) is 62.4 cm³/mol. The molecular formula is C9H15N5S. The van der Waals surface area contributed by atoms with Crippen LogP contribution in [0.2, 0.25) is 0 Å². The average Bonchev–Trinajstić information content (AvgIpc) is 3.02. The van der Waals surface area contributed by atoms with Crippen molar-refractivity contribution in [1.82, 2.24) is 15.0 Å². The Labute approximate surface area is 93.5 Å². The summed E-state index contributed by atoms with van der Waals surface area (Å²) >= 11 is 1.53. The lowest BCUT2D eigenvalue weighted by Crippen LogP contribution is -2.10. The topological polar surface area (TPSA) is 62.7 Å². The highest BCUT2D eigenvalue weighted by atomic mass is 32.2. The number of nitrogens with one attached hydrogen (secondary N) is 2. The fourth-order valence-corrected chi connectivity index (χ4v) is 1.52. The summed E-state index contributed by atoms with van der Waals surface area (Å²) in [5.41, 5.74) is 0. The summed E-state index contributed by atoms with van der Waals surface area (Å²) in [5.74, 6) is 1.34. The molecule has 0 bridgehead atoms. The van der Waals surface area contributed by atoms with Gasteiger partial charge in [0, 0.05) is 12.6 Å². The van der Waals surface area contributed by atoms with Crippen molar-refractivity contribution >= 4 is 23.7 Å². The minimum Gasteiger partial charge on any atom is -0.354 e. The third-order valence-corrected chi connectivity index (χ3v) is 2.59. The van der Waals surface area contributed by atoms with Crippen molar-refractivity contribution < 1.29 is 0 Å². The number of hydrogen-bond acceptors (Lipinski definition) is 6. The number of aromatic nitrogens is 3. The van der Waals surface area contributed by atoms with Crippen molar-refractivity contribution in [3.05, 3.63) is 0 Å². The molecule has 2 rings (SSSR count). The molecule has 6 heteroatoms. The van der Waals surface area contributed by atoms with Crippen LogP contribution in [0.1, 0.15) is 19.8 Å². The van der Waals surface area contributed by atoms with E-state index in [0.717, 1.165) is 11.7 Å². The molecule has 1 aromatic heterocycles. The number of anilines is 2. The van der Waals surface area contributed by atoms with E-state index in [2.05, 4.69) is 25.6 Å². The molecule has 0 saturated heterocycles. The van der Waals surface area contributed by atoms with Crippen molar-refractivity contribution in [2.45, 2.75) is 31.0 Å². The number of rotatable bonds is 5. The Morgan fingerprint density at radius 1 is 1.27 bits per heavy atom. The molecule has 1 heterocycles. The molecule has 0 spiro atoms. The van der Waals surface area contributed by atoms with Crippen LogP contribution in [0.4, 0.5) is 11.9 Å². The van der Waals surface area contributed by atoms with E-state index >= 15 is 0 Å². The van der Waals surface area contributed by atoms with E-state index in [1.807, 2.05) is 13.2 Å². The second-order valence-electron chi connectivity index (χ2n) is 3.42. The van der Waals surface area contributed by atoms with Crippen LogP contribution in [0.3, 0.4) is 0 Å². The SMILES string of the molecule is CCNc1nc(NC2CC2)nc(SC)n1. The summed E-state index contributed by atoms with van der Waals surface area (Å²) in [7, 11) is 0. The van der Waals surface area contributed by atoms with Crippen LogP contribution in [-0.2, 0) is 0 Å². The lowest BCUT2D eigenvalue weighted by Gasteiger charge is -2.07. The van der Waals surface area contributed by atoms with Gasteiger partial charge in [0.2, 0.25) is 11.9 Å². The lowest BCUT2D eigenvalue weighted by molar-refractivity contribution is 0.890. The Bertz CT molecular complexity index is 339. The molecule has 1 aliphatic carbocycles. The van der Waals surface area contributed by atoms with Crippen molar-refractivity contribution in [2.24, 2.45) is 0 Å². The van der Waals surface area contributed by atoms with Crippen molar-refractivity contribution in [3.63, 3.8) is 0 Å².